The highest BCUT2D eigenvalue weighted by Crippen LogP contribution is 2.27. The van der Waals surface area contributed by atoms with Crippen molar-refractivity contribution in [3.05, 3.63) is 48.3 Å². The zero-order valence-corrected chi connectivity index (χ0v) is 16.9. The molecule has 1 atom stereocenters. The van der Waals surface area contributed by atoms with Gasteiger partial charge in [0, 0.05) is 29.7 Å². The first-order chi connectivity index (χ1) is 13.8. The maximum atomic E-state index is 4.89. The smallest absolute Gasteiger partial charge is 0.229 e. The summed E-state index contributed by atoms with van der Waals surface area (Å²) in [6, 6.07) is 13.0. The lowest BCUT2D eigenvalue weighted by molar-refractivity contribution is 0.446. The number of anilines is 3. The van der Waals surface area contributed by atoms with Crippen LogP contribution < -0.4 is 10.2 Å². The van der Waals surface area contributed by atoms with Crippen molar-refractivity contribution in [3.8, 4) is 0 Å². The minimum atomic E-state index is 0.577. The molecule has 1 aliphatic rings. The van der Waals surface area contributed by atoms with Crippen molar-refractivity contribution in [2.24, 2.45) is 0 Å². The Morgan fingerprint density at radius 2 is 2.00 bits per heavy atom. The predicted molar refractivity (Wildman–Crippen MR) is 116 cm³/mol. The highest BCUT2D eigenvalue weighted by atomic mass is 15.3. The molecular formula is C23H29N5. The molecule has 2 aromatic heterocycles. The van der Waals surface area contributed by atoms with Crippen LogP contribution in [0, 0.1) is 0 Å². The summed E-state index contributed by atoms with van der Waals surface area (Å²) in [4.78, 5) is 16.7. The number of aromatic nitrogens is 3. The van der Waals surface area contributed by atoms with Gasteiger partial charge < -0.3 is 10.2 Å². The van der Waals surface area contributed by atoms with Crippen molar-refractivity contribution >= 4 is 28.4 Å². The fraction of sp³-hybridized carbons (Fsp3) is 0.435. The van der Waals surface area contributed by atoms with E-state index in [4.69, 9.17) is 9.97 Å². The van der Waals surface area contributed by atoms with Crippen LogP contribution in [0.2, 0.25) is 0 Å². The molecule has 5 nitrogen and oxygen atoms in total. The third-order valence-corrected chi connectivity index (χ3v) is 5.51. The molecule has 0 saturated carbocycles. The molecule has 4 rings (SSSR count). The van der Waals surface area contributed by atoms with Gasteiger partial charge in [-0.3, -0.25) is 4.98 Å². The summed E-state index contributed by atoms with van der Waals surface area (Å²) in [6.07, 6.45) is 8.85. The van der Waals surface area contributed by atoms with E-state index in [-0.39, 0.29) is 0 Å². The Morgan fingerprint density at radius 1 is 1.11 bits per heavy atom. The molecule has 0 amide bonds. The fourth-order valence-electron chi connectivity index (χ4n) is 4.07. The van der Waals surface area contributed by atoms with Crippen LogP contribution in [0.15, 0.2) is 42.6 Å². The Balaban J connectivity index is 1.66. The second-order valence-electron chi connectivity index (χ2n) is 7.58. The first-order valence-electron chi connectivity index (χ1n) is 10.5. The summed E-state index contributed by atoms with van der Waals surface area (Å²) in [6.45, 7) is 5.55. The van der Waals surface area contributed by atoms with E-state index in [1.165, 1.54) is 19.3 Å². The van der Waals surface area contributed by atoms with Crippen LogP contribution in [0.4, 0.5) is 17.5 Å². The number of nitrogens with zero attached hydrogens (tertiary/aromatic N) is 4. The number of aryl methyl sites for hydroxylation is 1. The molecule has 1 aromatic carbocycles. The summed E-state index contributed by atoms with van der Waals surface area (Å²) < 4.78 is 0. The molecule has 1 unspecified atom stereocenters. The summed E-state index contributed by atoms with van der Waals surface area (Å²) in [5, 5.41) is 4.51. The lowest BCUT2D eigenvalue weighted by Crippen LogP contribution is -2.39. The van der Waals surface area contributed by atoms with Crippen LogP contribution in [0.5, 0.6) is 0 Å². The molecule has 146 valence electrons. The van der Waals surface area contributed by atoms with Crippen LogP contribution in [0.25, 0.3) is 10.9 Å². The number of nitrogens with one attached hydrogen (secondary N) is 1. The fourth-order valence-corrected chi connectivity index (χ4v) is 4.07. The molecule has 3 heterocycles. The minimum absolute atomic E-state index is 0.577. The van der Waals surface area contributed by atoms with E-state index in [9.17, 15) is 0 Å². The van der Waals surface area contributed by atoms with Gasteiger partial charge in [0.1, 0.15) is 5.82 Å². The maximum Gasteiger partial charge on any atom is 0.229 e. The zero-order valence-electron chi connectivity index (χ0n) is 16.9. The van der Waals surface area contributed by atoms with Crippen LogP contribution in [0.1, 0.15) is 51.6 Å². The van der Waals surface area contributed by atoms with Gasteiger partial charge in [-0.05, 0) is 44.2 Å². The number of pyridine rings is 1. The maximum absolute atomic E-state index is 4.89. The molecule has 1 fully saturated rings. The molecule has 0 radical (unpaired) electrons. The summed E-state index contributed by atoms with van der Waals surface area (Å²) >= 11 is 0. The van der Waals surface area contributed by atoms with Crippen LogP contribution in [0.3, 0.4) is 0 Å². The van der Waals surface area contributed by atoms with Crippen LogP contribution in [-0.2, 0) is 6.42 Å². The third kappa shape index (κ3) is 4.08. The summed E-state index contributed by atoms with van der Waals surface area (Å²) in [5.74, 6) is 1.72. The van der Waals surface area contributed by atoms with Gasteiger partial charge in [-0.15, -0.1) is 0 Å². The second kappa shape index (κ2) is 8.55. The van der Waals surface area contributed by atoms with Gasteiger partial charge in [-0.2, -0.15) is 4.98 Å². The average molecular weight is 376 g/mol. The minimum Gasteiger partial charge on any atom is -0.353 e. The molecule has 1 saturated heterocycles. The van der Waals surface area contributed by atoms with Gasteiger partial charge in [0.25, 0.3) is 0 Å². The van der Waals surface area contributed by atoms with E-state index in [2.05, 4.69) is 47.2 Å². The number of piperidine rings is 1. The topological polar surface area (TPSA) is 53.9 Å². The molecule has 0 bridgehead atoms. The monoisotopic (exact) mass is 375 g/mol. The molecule has 1 N–H and O–H groups in total. The van der Waals surface area contributed by atoms with Crippen molar-refractivity contribution in [2.45, 2.75) is 58.4 Å². The molecule has 0 spiro atoms. The normalized spacial score (nSPS) is 17.1. The lowest BCUT2D eigenvalue weighted by Gasteiger charge is -2.36. The Labute approximate surface area is 167 Å². The number of hydrogen-bond acceptors (Lipinski definition) is 5. The van der Waals surface area contributed by atoms with Gasteiger partial charge in [-0.1, -0.05) is 38.5 Å². The number of rotatable bonds is 6. The van der Waals surface area contributed by atoms with E-state index in [0.717, 1.165) is 53.9 Å². The van der Waals surface area contributed by atoms with Crippen molar-refractivity contribution < 1.29 is 0 Å². The first-order valence-corrected chi connectivity index (χ1v) is 10.5. The van der Waals surface area contributed by atoms with Gasteiger partial charge in [0.05, 0.1) is 17.4 Å². The number of fused-ring (bicyclic) bond motifs is 1. The largest absolute Gasteiger partial charge is 0.353 e. The van der Waals surface area contributed by atoms with E-state index in [1.807, 2.05) is 24.4 Å². The van der Waals surface area contributed by atoms with Crippen molar-refractivity contribution in [3.63, 3.8) is 0 Å². The van der Waals surface area contributed by atoms with Gasteiger partial charge in [0.15, 0.2) is 0 Å². The number of hydrogen-bond donors (Lipinski definition) is 1. The summed E-state index contributed by atoms with van der Waals surface area (Å²) in [7, 11) is 0. The predicted octanol–water partition coefficient (Wildman–Crippen LogP) is 5.49. The molecule has 3 aromatic rings. The quantitative estimate of drug-likeness (QED) is 0.617. The molecular weight excluding hydrogens is 346 g/mol. The van der Waals surface area contributed by atoms with Crippen molar-refractivity contribution in [1.29, 1.82) is 0 Å². The number of para-hydroxylation sites is 1. The number of benzene rings is 1. The Kier molecular flexibility index (Phi) is 5.70. The SMILES string of the molecule is CCCc1cc(N2CCCCC2CC)nc(Nc2cnc3ccccc3c2)n1. The van der Waals surface area contributed by atoms with E-state index in [0.29, 0.717) is 12.0 Å². The average Bonchev–Trinajstić information content (AvgIpc) is 2.73. The van der Waals surface area contributed by atoms with E-state index >= 15 is 0 Å². The Bertz CT molecular complexity index is 939. The van der Waals surface area contributed by atoms with Gasteiger partial charge >= 0.3 is 0 Å². The van der Waals surface area contributed by atoms with Crippen molar-refractivity contribution in [2.75, 3.05) is 16.8 Å². The van der Waals surface area contributed by atoms with Gasteiger partial charge in [0.2, 0.25) is 5.95 Å². The van der Waals surface area contributed by atoms with E-state index in [1.54, 1.807) is 0 Å². The summed E-state index contributed by atoms with van der Waals surface area (Å²) in [5.41, 5.74) is 3.02. The zero-order chi connectivity index (χ0) is 19.3. The highest BCUT2D eigenvalue weighted by Gasteiger charge is 2.23. The Hall–Kier alpha value is -2.69. The van der Waals surface area contributed by atoms with E-state index < -0.39 is 0 Å². The molecule has 5 heteroatoms. The second-order valence-corrected chi connectivity index (χ2v) is 7.58. The standard InChI is InChI=1S/C23H29N5/c1-3-9-18-15-22(28-13-8-7-11-20(28)4-2)27-23(25-18)26-19-14-17-10-5-6-12-21(17)24-16-19/h5-6,10,12,14-16,20H,3-4,7-9,11,13H2,1-2H3,(H,25,26,27). The molecule has 0 aliphatic carbocycles. The third-order valence-electron chi connectivity index (χ3n) is 5.51. The molecule has 1 aliphatic heterocycles. The van der Waals surface area contributed by atoms with Crippen molar-refractivity contribution in [1.82, 2.24) is 15.0 Å². The first kappa shape index (κ1) is 18.7. The van der Waals surface area contributed by atoms with Gasteiger partial charge in [-0.25, -0.2) is 4.98 Å². The highest BCUT2D eigenvalue weighted by molar-refractivity contribution is 5.82. The lowest BCUT2D eigenvalue weighted by atomic mass is 10.00. The van der Waals surface area contributed by atoms with Crippen LogP contribution >= 0.6 is 0 Å². The Morgan fingerprint density at radius 3 is 2.86 bits per heavy atom. The molecule has 28 heavy (non-hydrogen) atoms. The van der Waals surface area contributed by atoms with Crippen LogP contribution in [-0.4, -0.2) is 27.5 Å².